The number of benzene rings is 1. The Morgan fingerprint density at radius 3 is 2.94 bits per heavy atom. The number of hydrogen-bond acceptors (Lipinski definition) is 4. The molecule has 1 aromatic rings. The van der Waals surface area contributed by atoms with Gasteiger partial charge in [0.25, 0.3) is 0 Å². The highest BCUT2D eigenvalue weighted by atomic mass is 35.5. The van der Waals surface area contributed by atoms with Crippen molar-refractivity contribution in [2.75, 3.05) is 12.4 Å². The number of methoxy groups -OCH3 is 1. The molecule has 2 rings (SSSR count). The summed E-state index contributed by atoms with van der Waals surface area (Å²) in [5.41, 5.74) is 5.43. The molecule has 18 heavy (non-hydrogen) atoms. The third kappa shape index (κ3) is 2.72. The monoisotopic (exact) mass is 269 g/mol. The molecule has 0 aromatic heterocycles. The highest BCUT2D eigenvalue weighted by molar-refractivity contribution is 6.31. The standard InChI is InChI=1S/C11H12ClN3O3/c1-18-9-3-2-6(12)4-7(9)13-11(17)8-5-10(16)15-14-8/h2-4,8,14H,5H2,1H3,(H,13,17)(H,15,16). The minimum absolute atomic E-state index is 0.106. The van der Waals surface area contributed by atoms with E-state index in [9.17, 15) is 9.59 Å². The van der Waals surface area contributed by atoms with Crippen molar-refractivity contribution in [1.29, 1.82) is 0 Å². The Labute approximate surface area is 109 Å². The van der Waals surface area contributed by atoms with Crippen molar-refractivity contribution in [3.05, 3.63) is 23.2 Å². The second-order valence-electron chi connectivity index (χ2n) is 3.78. The van der Waals surface area contributed by atoms with E-state index >= 15 is 0 Å². The number of hydrogen-bond donors (Lipinski definition) is 3. The fourth-order valence-corrected chi connectivity index (χ4v) is 1.78. The molecule has 0 aliphatic carbocycles. The zero-order chi connectivity index (χ0) is 13.1. The van der Waals surface area contributed by atoms with Crippen LogP contribution < -0.4 is 20.9 Å². The zero-order valence-electron chi connectivity index (χ0n) is 9.62. The quantitative estimate of drug-likeness (QED) is 0.754. The lowest BCUT2D eigenvalue weighted by molar-refractivity contribution is -0.121. The first-order valence-corrected chi connectivity index (χ1v) is 5.66. The van der Waals surface area contributed by atoms with Gasteiger partial charge >= 0.3 is 0 Å². The number of nitrogens with one attached hydrogen (secondary N) is 3. The summed E-state index contributed by atoms with van der Waals surface area (Å²) in [6, 6.07) is 4.31. The number of anilines is 1. The number of hydrazine groups is 1. The molecule has 1 aromatic carbocycles. The molecule has 0 radical (unpaired) electrons. The first kappa shape index (κ1) is 12.7. The van der Waals surface area contributed by atoms with Crippen LogP contribution in [0.4, 0.5) is 5.69 Å². The van der Waals surface area contributed by atoms with E-state index in [1.54, 1.807) is 18.2 Å². The molecule has 0 saturated carbocycles. The van der Waals surface area contributed by atoms with Crippen LogP contribution >= 0.6 is 11.6 Å². The normalized spacial score (nSPS) is 18.3. The smallest absolute Gasteiger partial charge is 0.243 e. The minimum atomic E-state index is -0.596. The van der Waals surface area contributed by atoms with E-state index in [1.807, 2.05) is 0 Å². The van der Waals surface area contributed by atoms with Crippen molar-refractivity contribution in [3.63, 3.8) is 0 Å². The van der Waals surface area contributed by atoms with Crippen LogP contribution in [-0.4, -0.2) is 25.0 Å². The maximum Gasteiger partial charge on any atom is 0.243 e. The van der Waals surface area contributed by atoms with Crippen LogP contribution in [0, 0.1) is 0 Å². The van der Waals surface area contributed by atoms with Gasteiger partial charge in [0.1, 0.15) is 11.8 Å². The molecule has 1 heterocycles. The Morgan fingerprint density at radius 2 is 2.33 bits per heavy atom. The second-order valence-corrected chi connectivity index (χ2v) is 4.22. The summed E-state index contributed by atoms with van der Waals surface area (Å²) in [4.78, 5) is 22.9. The van der Waals surface area contributed by atoms with Gasteiger partial charge in [-0.05, 0) is 18.2 Å². The summed E-state index contributed by atoms with van der Waals surface area (Å²) in [5.74, 6) is -0.0350. The topological polar surface area (TPSA) is 79.5 Å². The van der Waals surface area contributed by atoms with Crippen LogP contribution in [0.5, 0.6) is 5.75 Å². The molecule has 1 fully saturated rings. The molecular formula is C11H12ClN3O3. The molecule has 1 unspecified atom stereocenters. The predicted molar refractivity (Wildman–Crippen MR) is 66.3 cm³/mol. The van der Waals surface area contributed by atoms with Crippen LogP contribution in [-0.2, 0) is 9.59 Å². The number of carbonyl (C=O) groups is 2. The zero-order valence-corrected chi connectivity index (χ0v) is 10.4. The van der Waals surface area contributed by atoms with Crippen LogP contribution in [0.2, 0.25) is 5.02 Å². The van der Waals surface area contributed by atoms with Gasteiger partial charge in [-0.1, -0.05) is 11.6 Å². The average Bonchev–Trinajstić information content (AvgIpc) is 2.76. The van der Waals surface area contributed by atoms with Crippen LogP contribution in [0.15, 0.2) is 18.2 Å². The van der Waals surface area contributed by atoms with Gasteiger partial charge in [-0.15, -0.1) is 0 Å². The van der Waals surface area contributed by atoms with Gasteiger partial charge in [0.05, 0.1) is 19.2 Å². The number of carbonyl (C=O) groups excluding carboxylic acids is 2. The van der Waals surface area contributed by atoms with Gasteiger partial charge in [0.2, 0.25) is 11.8 Å². The largest absolute Gasteiger partial charge is 0.495 e. The number of ether oxygens (including phenoxy) is 1. The van der Waals surface area contributed by atoms with E-state index in [4.69, 9.17) is 16.3 Å². The van der Waals surface area contributed by atoms with E-state index in [0.29, 0.717) is 16.5 Å². The van der Waals surface area contributed by atoms with Crippen LogP contribution in [0.3, 0.4) is 0 Å². The molecular weight excluding hydrogens is 258 g/mol. The van der Waals surface area contributed by atoms with Gasteiger partial charge < -0.3 is 10.1 Å². The van der Waals surface area contributed by atoms with Crippen molar-refractivity contribution in [2.45, 2.75) is 12.5 Å². The molecule has 96 valence electrons. The Morgan fingerprint density at radius 1 is 1.56 bits per heavy atom. The molecule has 0 spiro atoms. The Hall–Kier alpha value is -1.79. The summed E-state index contributed by atoms with van der Waals surface area (Å²) in [6.07, 6.45) is 0.106. The molecule has 1 atom stereocenters. The van der Waals surface area contributed by atoms with E-state index in [0.717, 1.165) is 0 Å². The lowest BCUT2D eigenvalue weighted by Crippen LogP contribution is -2.39. The van der Waals surface area contributed by atoms with Gasteiger partial charge in [-0.3, -0.25) is 15.0 Å². The molecule has 1 saturated heterocycles. The van der Waals surface area contributed by atoms with E-state index < -0.39 is 6.04 Å². The summed E-state index contributed by atoms with van der Waals surface area (Å²) in [5, 5.41) is 3.15. The van der Waals surface area contributed by atoms with Crippen molar-refractivity contribution in [3.8, 4) is 5.75 Å². The summed E-state index contributed by atoms with van der Waals surface area (Å²) >= 11 is 5.85. The number of halogens is 1. The molecule has 1 aliphatic rings. The van der Waals surface area contributed by atoms with Crippen LogP contribution in [0.1, 0.15) is 6.42 Å². The molecule has 0 bridgehead atoms. The Balaban J connectivity index is 2.11. The lowest BCUT2D eigenvalue weighted by Gasteiger charge is -2.13. The van der Waals surface area contributed by atoms with Crippen molar-refractivity contribution in [2.24, 2.45) is 0 Å². The highest BCUT2D eigenvalue weighted by Crippen LogP contribution is 2.27. The fraction of sp³-hybridized carbons (Fsp3) is 0.273. The maximum atomic E-state index is 11.9. The number of rotatable bonds is 3. The Bertz CT molecular complexity index is 492. The molecule has 2 amide bonds. The highest BCUT2D eigenvalue weighted by Gasteiger charge is 2.28. The second kappa shape index (κ2) is 5.24. The summed E-state index contributed by atoms with van der Waals surface area (Å²) < 4.78 is 5.11. The SMILES string of the molecule is COc1ccc(Cl)cc1NC(=O)C1CC(=O)NN1. The number of amides is 2. The van der Waals surface area contributed by atoms with E-state index in [-0.39, 0.29) is 18.2 Å². The third-order valence-corrected chi connectivity index (χ3v) is 2.75. The van der Waals surface area contributed by atoms with E-state index in [2.05, 4.69) is 16.2 Å². The van der Waals surface area contributed by atoms with Gasteiger partial charge in [-0.2, -0.15) is 0 Å². The van der Waals surface area contributed by atoms with Crippen molar-refractivity contribution >= 4 is 29.1 Å². The van der Waals surface area contributed by atoms with Crippen molar-refractivity contribution < 1.29 is 14.3 Å². The predicted octanol–water partition coefficient (Wildman–Crippen LogP) is 0.680. The summed E-state index contributed by atoms with van der Waals surface area (Å²) in [7, 11) is 1.50. The first-order valence-electron chi connectivity index (χ1n) is 5.29. The van der Waals surface area contributed by atoms with E-state index in [1.165, 1.54) is 7.11 Å². The van der Waals surface area contributed by atoms with Crippen LogP contribution in [0.25, 0.3) is 0 Å². The molecule has 7 heteroatoms. The Kier molecular flexibility index (Phi) is 3.69. The molecule has 6 nitrogen and oxygen atoms in total. The van der Waals surface area contributed by atoms with Gasteiger partial charge in [0.15, 0.2) is 0 Å². The molecule has 1 aliphatic heterocycles. The average molecular weight is 270 g/mol. The fourth-order valence-electron chi connectivity index (χ4n) is 1.61. The third-order valence-electron chi connectivity index (χ3n) is 2.51. The van der Waals surface area contributed by atoms with Gasteiger partial charge in [-0.25, -0.2) is 5.43 Å². The van der Waals surface area contributed by atoms with Gasteiger partial charge in [0, 0.05) is 5.02 Å². The summed E-state index contributed by atoms with van der Waals surface area (Å²) in [6.45, 7) is 0. The minimum Gasteiger partial charge on any atom is -0.495 e. The lowest BCUT2D eigenvalue weighted by atomic mass is 10.2. The molecule has 3 N–H and O–H groups in total. The van der Waals surface area contributed by atoms with Crippen molar-refractivity contribution in [1.82, 2.24) is 10.9 Å². The maximum absolute atomic E-state index is 11.9. The first-order chi connectivity index (χ1) is 8.60.